The topological polar surface area (TPSA) is 87.3 Å². The van der Waals surface area contributed by atoms with Crippen LogP contribution in [-0.4, -0.2) is 30.7 Å². The molecule has 6 nitrogen and oxygen atoms in total. The lowest BCUT2D eigenvalue weighted by atomic mass is 10.1. The third kappa shape index (κ3) is 7.38. The first-order chi connectivity index (χ1) is 10.5. The highest BCUT2D eigenvalue weighted by Crippen LogP contribution is 2.12. The number of halogens is 1. The third-order valence-electron chi connectivity index (χ3n) is 2.57. The van der Waals surface area contributed by atoms with Crippen LogP contribution in [0, 0.1) is 5.82 Å². The summed E-state index contributed by atoms with van der Waals surface area (Å²) >= 11 is 4.98. The van der Waals surface area contributed by atoms with E-state index < -0.39 is 21.6 Å². The van der Waals surface area contributed by atoms with Crippen LogP contribution in [0.1, 0.15) is 27.2 Å². The Bertz CT molecular complexity index is 668. The fraction of sp³-hybridized carbons (Fsp3) is 0.429. The molecular formula is C14H20FN3O3S2. The molecule has 9 heteroatoms. The summed E-state index contributed by atoms with van der Waals surface area (Å²) in [7, 11) is -3.64. The molecule has 1 aromatic carbocycles. The molecule has 1 amide bonds. The minimum Gasteiger partial charge on any atom is -0.357 e. The first-order valence-corrected chi connectivity index (χ1v) is 8.91. The lowest BCUT2D eigenvalue weighted by Gasteiger charge is -2.23. The number of carbonyl (C=O) groups is 1. The molecule has 0 unspecified atom stereocenters. The van der Waals surface area contributed by atoms with Crippen molar-refractivity contribution in [2.75, 3.05) is 5.75 Å². The van der Waals surface area contributed by atoms with Crippen LogP contribution in [0.2, 0.25) is 0 Å². The number of carbonyl (C=O) groups excluding carboxylic acids is 1. The van der Waals surface area contributed by atoms with E-state index in [0.717, 1.165) is 12.1 Å². The number of hydrogen-bond donors (Lipinski definition) is 3. The van der Waals surface area contributed by atoms with E-state index in [-0.39, 0.29) is 27.7 Å². The second-order valence-electron chi connectivity index (χ2n) is 5.90. The van der Waals surface area contributed by atoms with Crippen molar-refractivity contribution in [3.8, 4) is 0 Å². The molecule has 0 fully saturated rings. The van der Waals surface area contributed by atoms with E-state index in [1.807, 2.05) is 20.8 Å². The largest absolute Gasteiger partial charge is 0.357 e. The summed E-state index contributed by atoms with van der Waals surface area (Å²) < 4.78 is 36.8. The van der Waals surface area contributed by atoms with Gasteiger partial charge in [0.25, 0.3) is 0 Å². The van der Waals surface area contributed by atoms with E-state index in [0.29, 0.717) is 0 Å². The fourth-order valence-corrected chi connectivity index (χ4v) is 3.15. The third-order valence-corrected chi connectivity index (χ3v) is 4.51. The smallest absolute Gasteiger partial charge is 0.239 e. The Morgan fingerprint density at radius 1 is 1.17 bits per heavy atom. The van der Waals surface area contributed by atoms with Gasteiger partial charge in [0.15, 0.2) is 14.9 Å². The van der Waals surface area contributed by atoms with Gasteiger partial charge in [-0.25, -0.2) is 12.8 Å². The molecule has 128 valence electrons. The van der Waals surface area contributed by atoms with Gasteiger partial charge in [-0.3, -0.25) is 15.6 Å². The van der Waals surface area contributed by atoms with E-state index in [4.69, 9.17) is 12.2 Å². The fourth-order valence-electron chi connectivity index (χ4n) is 1.55. The Labute approximate surface area is 140 Å². The molecule has 3 N–H and O–H groups in total. The number of thiocarbonyl (C=S) groups is 1. The Hall–Kier alpha value is -1.74. The van der Waals surface area contributed by atoms with Crippen LogP contribution in [0.15, 0.2) is 29.2 Å². The molecule has 0 bridgehead atoms. The van der Waals surface area contributed by atoms with Gasteiger partial charge in [0.2, 0.25) is 5.91 Å². The lowest BCUT2D eigenvalue weighted by molar-refractivity contribution is -0.121. The Morgan fingerprint density at radius 2 is 1.74 bits per heavy atom. The maximum atomic E-state index is 12.8. The number of sulfone groups is 1. The van der Waals surface area contributed by atoms with E-state index >= 15 is 0 Å². The molecule has 0 radical (unpaired) electrons. The number of amides is 1. The molecule has 1 rings (SSSR count). The van der Waals surface area contributed by atoms with Gasteiger partial charge in [-0.2, -0.15) is 0 Å². The maximum absolute atomic E-state index is 12.8. The standard InChI is InChI=1S/C14H20FN3O3S2/c1-14(2,3)16-13(22)18-17-12(19)8-9-23(20,21)11-6-4-10(15)5-7-11/h4-7H,8-9H2,1-3H3,(H,17,19)(H2,16,18,22). The summed E-state index contributed by atoms with van der Waals surface area (Å²) in [4.78, 5) is 11.6. The van der Waals surface area contributed by atoms with Crippen molar-refractivity contribution >= 4 is 33.1 Å². The number of rotatable bonds is 4. The van der Waals surface area contributed by atoms with Gasteiger partial charge in [-0.05, 0) is 57.3 Å². The van der Waals surface area contributed by atoms with Crippen LogP contribution in [0.3, 0.4) is 0 Å². The van der Waals surface area contributed by atoms with Gasteiger partial charge in [0.05, 0.1) is 10.6 Å². The van der Waals surface area contributed by atoms with Crippen molar-refractivity contribution in [2.45, 2.75) is 37.6 Å². The predicted molar refractivity (Wildman–Crippen MR) is 89.8 cm³/mol. The minimum atomic E-state index is -3.64. The van der Waals surface area contributed by atoms with Gasteiger partial charge >= 0.3 is 0 Å². The van der Waals surface area contributed by atoms with Crippen LogP contribution in [0.5, 0.6) is 0 Å². The van der Waals surface area contributed by atoms with Crippen LogP contribution < -0.4 is 16.2 Å². The zero-order chi connectivity index (χ0) is 17.7. The minimum absolute atomic E-state index is 0.0235. The average Bonchev–Trinajstić information content (AvgIpc) is 2.41. The van der Waals surface area contributed by atoms with Crippen LogP contribution in [0.25, 0.3) is 0 Å². The summed E-state index contributed by atoms with van der Waals surface area (Å²) in [6.07, 6.45) is -0.245. The van der Waals surface area contributed by atoms with Crippen LogP contribution in [0.4, 0.5) is 4.39 Å². The zero-order valence-corrected chi connectivity index (χ0v) is 14.8. The highest BCUT2D eigenvalue weighted by Gasteiger charge is 2.17. The molecule has 0 aromatic heterocycles. The Morgan fingerprint density at radius 3 is 2.26 bits per heavy atom. The van der Waals surface area contributed by atoms with Gasteiger partial charge in [-0.15, -0.1) is 0 Å². The van der Waals surface area contributed by atoms with Gasteiger partial charge in [0, 0.05) is 12.0 Å². The Kier molecular flexibility index (Phi) is 6.46. The van der Waals surface area contributed by atoms with Crippen LogP contribution >= 0.6 is 12.2 Å². The normalized spacial score (nSPS) is 11.7. The summed E-state index contributed by atoms with van der Waals surface area (Å²) in [5, 5.41) is 3.16. The molecule has 23 heavy (non-hydrogen) atoms. The van der Waals surface area contributed by atoms with Crippen molar-refractivity contribution in [1.82, 2.24) is 16.2 Å². The summed E-state index contributed by atoms with van der Waals surface area (Å²) in [5.74, 6) is -1.43. The molecule has 0 heterocycles. The first-order valence-electron chi connectivity index (χ1n) is 6.85. The molecule has 0 aliphatic carbocycles. The van der Waals surface area contributed by atoms with E-state index in [2.05, 4.69) is 16.2 Å². The molecule has 0 aliphatic heterocycles. The molecule has 0 aliphatic rings. The Balaban J connectivity index is 2.46. The average molecular weight is 361 g/mol. The summed E-state index contributed by atoms with van der Waals surface area (Å²) in [6, 6.07) is 4.46. The molecule has 0 atom stereocenters. The predicted octanol–water partition coefficient (Wildman–Crippen LogP) is 1.28. The second-order valence-corrected chi connectivity index (χ2v) is 8.42. The zero-order valence-electron chi connectivity index (χ0n) is 13.1. The number of nitrogens with one attached hydrogen (secondary N) is 3. The van der Waals surface area contributed by atoms with Crippen molar-refractivity contribution in [1.29, 1.82) is 0 Å². The molecule has 0 spiro atoms. The number of hydrazine groups is 1. The highest BCUT2D eigenvalue weighted by atomic mass is 32.2. The summed E-state index contributed by atoms with van der Waals surface area (Å²) in [5.41, 5.74) is 4.56. The van der Waals surface area contributed by atoms with Gasteiger partial charge in [-0.1, -0.05) is 0 Å². The van der Waals surface area contributed by atoms with Gasteiger partial charge in [0.1, 0.15) is 5.82 Å². The highest BCUT2D eigenvalue weighted by molar-refractivity contribution is 7.91. The quantitative estimate of drug-likeness (QED) is 0.425. The SMILES string of the molecule is CC(C)(C)NC(=S)NNC(=O)CCS(=O)(=O)c1ccc(F)cc1. The van der Waals surface area contributed by atoms with Gasteiger partial charge < -0.3 is 5.32 Å². The molecule has 0 saturated carbocycles. The first kappa shape index (κ1) is 19.3. The van der Waals surface area contributed by atoms with Crippen molar-refractivity contribution in [3.63, 3.8) is 0 Å². The molecule has 0 saturated heterocycles. The molecule has 1 aromatic rings. The van der Waals surface area contributed by atoms with Crippen molar-refractivity contribution in [3.05, 3.63) is 30.1 Å². The monoisotopic (exact) mass is 361 g/mol. The summed E-state index contributed by atoms with van der Waals surface area (Å²) in [6.45, 7) is 5.70. The lowest BCUT2D eigenvalue weighted by Crippen LogP contribution is -2.52. The maximum Gasteiger partial charge on any atom is 0.239 e. The number of benzene rings is 1. The van der Waals surface area contributed by atoms with Crippen LogP contribution in [-0.2, 0) is 14.6 Å². The van der Waals surface area contributed by atoms with Crippen molar-refractivity contribution in [2.24, 2.45) is 0 Å². The van der Waals surface area contributed by atoms with E-state index in [9.17, 15) is 17.6 Å². The van der Waals surface area contributed by atoms with E-state index in [1.54, 1.807) is 0 Å². The second kappa shape index (κ2) is 7.69. The molecular weight excluding hydrogens is 341 g/mol. The van der Waals surface area contributed by atoms with E-state index in [1.165, 1.54) is 12.1 Å². The van der Waals surface area contributed by atoms with Crippen molar-refractivity contribution < 1.29 is 17.6 Å². The number of hydrogen-bond acceptors (Lipinski definition) is 4.